The zero-order valence-electron chi connectivity index (χ0n) is 16.3. The van der Waals surface area contributed by atoms with Crippen LogP contribution in [0, 0.1) is 11.3 Å². The number of hydrogen-bond donors (Lipinski definition) is 1. The van der Waals surface area contributed by atoms with Crippen LogP contribution in [0.3, 0.4) is 0 Å². The molecule has 0 unspecified atom stereocenters. The summed E-state index contributed by atoms with van der Waals surface area (Å²) in [5.41, 5.74) is 0.308. The number of amides is 1. The molecule has 0 radical (unpaired) electrons. The Bertz CT molecular complexity index is 639. The zero-order valence-corrected chi connectivity index (χ0v) is 16.3. The van der Waals surface area contributed by atoms with E-state index in [1.54, 1.807) is 14.2 Å². The summed E-state index contributed by atoms with van der Waals surface area (Å²) in [4.78, 5) is 27.9. The molecule has 3 rings (SSSR count). The second kappa shape index (κ2) is 8.85. The molecule has 27 heavy (non-hydrogen) atoms. The van der Waals surface area contributed by atoms with Crippen molar-refractivity contribution in [2.24, 2.45) is 11.3 Å². The number of ketones is 1. The Morgan fingerprint density at radius 2 is 1.74 bits per heavy atom. The van der Waals surface area contributed by atoms with E-state index in [1.165, 1.54) is 0 Å². The van der Waals surface area contributed by atoms with Crippen molar-refractivity contribution in [3.05, 3.63) is 29.8 Å². The van der Waals surface area contributed by atoms with Crippen LogP contribution in [-0.2, 0) is 9.53 Å². The molecular formula is C21H30N2O4. The number of hydrogen-bond acceptors (Lipinski definition) is 5. The first-order valence-corrected chi connectivity index (χ1v) is 9.77. The minimum Gasteiger partial charge on any atom is -0.497 e. The van der Waals surface area contributed by atoms with E-state index in [2.05, 4.69) is 5.32 Å². The van der Waals surface area contributed by atoms with Crippen molar-refractivity contribution in [2.45, 2.75) is 25.7 Å². The fourth-order valence-corrected chi connectivity index (χ4v) is 4.27. The molecule has 0 spiro atoms. The van der Waals surface area contributed by atoms with Gasteiger partial charge in [-0.15, -0.1) is 0 Å². The number of ether oxygens (including phenoxy) is 2. The molecule has 1 aromatic rings. The second-order valence-electron chi connectivity index (χ2n) is 7.62. The third-order valence-electron chi connectivity index (χ3n) is 5.96. The smallest absolute Gasteiger partial charge is 0.231 e. The first kappa shape index (κ1) is 19.8. The lowest BCUT2D eigenvalue weighted by Crippen LogP contribution is -2.53. The molecule has 6 nitrogen and oxygen atoms in total. The van der Waals surface area contributed by atoms with Crippen LogP contribution in [0.2, 0.25) is 0 Å². The van der Waals surface area contributed by atoms with Gasteiger partial charge in [0, 0.05) is 31.7 Å². The summed E-state index contributed by atoms with van der Waals surface area (Å²) in [6.07, 6.45) is 3.06. The van der Waals surface area contributed by atoms with Crippen LogP contribution in [0.5, 0.6) is 5.75 Å². The maximum Gasteiger partial charge on any atom is 0.231 e. The van der Waals surface area contributed by atoms with Gasteiger partial charge in [0.2, 0.25) is 5.91 Å². The van der Waals surface area contributed by atoms with Crippen molar-refractivity contribution in [2.75, 3.05) is 47.0 Å². The first-order chi connectivity index (χ1) is 13.1. The third kappa shape index (κ3) is 4.33. The van der Waals surface area contributed by atoms with Gasteiger partial charge in [0.05, 0.1) is 19.1 Å². The minimum atomic E-state index is -0.410. The van der Waals surface area contributed by atoms with Gasteiger partial charge in [-0.3, -0.25) is 9.59 Å². The molecule has 0 aliphatic carbocycles. The second-order valence-corrected chi connectivity index (χ2v) is 7.62. The predicted molar refractivity (Wildman–Crippen MR) is 103 cm³/mol. The van der Waals surface area contributed by atoms with Gasteiger partial charge in [-0.25, -0.2) is 0 Å². The molecule has 0 saturated carbocycles. The van der Waals surface area contributed by atoms with Crippen LogP contribution in [0.25, 0.3) is 0 Å². The molecule has 0 bridgehead atoms. The Morgan fingerprint density at radius 1 is 1.11 bits per heavy atom. The summed E-state index contributed by atoms with van der Waals surface area (Å²) in [6, 6.07) is 7.28. The summed E-state index contributed by atoms with van der Waals surface area (Å²) in [5.74, 6) is 1.09. The van der Waals surface area contributed by atoms with Crippen LogP contribution in [0.1, 0.15) is 36.0 Å². The van der Waals surface area contributed by atoms with Gasteiger partial charge in [0.15, 0.2) is 5.78 Å². The number of methoxy groups -OCH3 is 2. The Kier molecular flexibility index (Phi) is 6.50. The van der Waals surface area contributed by atoms with E-state index in [-0.39, 0.29) is 17.6 Å². The number of benzene rings is 1. The van der Waals surface area contributed by atoms with Gasteiger partial charge in [0.25, 0.3) is 0 Å². The molecule has 0 aromatic heterocycles. The molecule has 2 saturated heterocycles. The highest BCUT2D eigenvalue weighted by atomic mass is 16.5. The maximum atomic E-state index is 13.2. The highest BCUT2D eigenvalue weighted by Crippen LogP contribution is 2.33. The molecule has 6 heteroatoms. The lowest BCUT2D eigenvalue weighted by atomic mass is 9.77. The van der Waals surface area contributed by atoms with Gasteiger partial charge < -0.3 is 19.7 Å². The van der Waals surface area contributed by atoms with Gasteiger partial charge in [0.1, 0.15) is 5.75 Å². The highest BCUT2D eigenvalue weighted by Gasteiger charge is 2.43. The molecule has 2 aliphatic rings. The van der Waals surface area contributed by atoms with E-state index >= 15 is 0 Å². The summed E-state index contributed by atoms with van der Waals surface area (Å²) in [6.45, 7) is 3.45. The first-order valence-electron chi connectivity index (χ1n) is 9.77. The molecule has 2 aliphatic heterocycles. The fourth-order valence-electron chi connectivity index (χ4n) is 4.27. The van der Waals surface area contributed by atoms with Crippen molar-refractivity contribution in [3.63, 3.8) is 0 Å². The number of Topliss-reactive ketones (excluding diaryl/α,β-unsaturated/α-hetero) is 1. The molecule has 2 fully saturated rings. The van der Waals surface area contributed by atoms with Crippen molar-refractivity contribution >= 4 is 11.7 Å². The van der Waals surface area contributed by atoms with E-state index in [4.69, 9.17) is 9.47 Å². The largest absolute Gasteiger partial charge is 0.497 e. The highest BCUT2D eigenvalue weighted by molar-refractivity contribution is 5.98. The topological polar surface area (TPSA) is 67.9 Å². The van der Waals surface area contributed by atoms with E-state index < -0.39 is 5.41 Å². The lowest BCUT2D eigenvalue weighted by molar-refractivity contribution is -0.148. The van der Waals surface area contributed by atoms with Crippen molar-refractivity contribution in [1.82, 2.24) is 10.2 Å². The van der Waals surface area contributed by atoms with Gasteiger partial charge in [-0.1, -0.05) is 0 Å². The summed E-state index contributed by atoms with van der Waals surface area (Å²) in [5, 5.41) is 3.32. The molecule has 1 aromatic carbocycles. The van der Waals surface area contributed by atoms with E-state index in [0.717, 1.165) is 50.1 Å². The van der Waals surface area contributed by atoms with Gasteiger partial charge in [-0.05, 0) is 63.0 Å². The normalized spacial score (nSPS) is 20.3. The molecule has 1 N–H and O–H groups in total. The van der Waals surface area contributed by atoms with Crippen LogP contribution >= 0.6 is 0 Å². The summed E-state index contributed by atoms with van der Waals surface area (Å²) in [7, 11) is 3.28. The van der Waals surface area contributed by atoms with Crippen LogP contribution in [0.4, 0.5) is 0 Å². The zero-order chi connectivity index (χ0) is 19.3. The Hall–Kier alpha value is -1.92. The van der Waals surface area contributed by atoms with E-state index in [9.17, 15) is 9.59 Å². The van der Waals surface area contributed by atoms with E-state index in [0.29, 0.717) is 19.7 Å². The minimum absolute atomic E-state index is 0.0196. The lowest BCUT2D eigenvalue weighted by Gasteiger charge is -2.41. The van der Waals surface area contributed by atoms with Crippen LogP contribution in [-0.4, -0.2) is 63.6 Å². The fraction of sp³-hybridized carbons (Fsp3) is 0.619. The molecular weight excluding hydrogens is 344 g/mol. The standard InChI is InChI=1S/C21H30N2O4/c1-26-15-21(9-11-22-12-10-21)20(25)23-13-7-17(8-14-23)19(24)16-3-5-18(27-2)6-4-16/h3-6,17,22H,7-15H2,1-2H3. The number of rotatable bonds is 6. The van der Waals surface area contributed by atoms with Gasteiger partial charge in [-0.2, -0.15) is 0 Å². The number of likely N-dealkylation sites (tertiary alicyclic amines) is 1. The van der Waals surface area contributed by atoms with E-state index in [1.807, 2.05) is 29.2 Å². The monoisotopic (exact) mass is 374 g/mol. The quantitative estimate of drug-likeness (QED) is 0.773. The number of carbonyl (C=O) groups is 2. The molecule has 2 heterocycles. The molecule has 1 amide bonds. The van der Waals surface area contributed by atoms with Gasteiger partial charge >= 0.3 is 0 Å². The Labute approximate surface area is 161 Å². The molecule has 148 valence electrons. The predicted octanol–water partition coefficient (Wildman–Crippen LogP) is 2.13. The number of piperidine rings is 2. The Balaban J connectivity index is 1.60. The van der Waals surface area contributed by atoms with Crippen molar-refractivity contribution < 1.29 is 19.1 Å². The van der Waals surface area contributed by atoms with Crippen molar-refractivity contribution in [3.8, 4) is 5.75 Å². The SMILES string of the molecule is COCC1(C(=O)N2CCC(C(=O)c3ccc(OC)cc3)CC2)CCNCC1. The van der Waals surface area contributed by atoms with Crippen molar-refractivity contribution in [1.29, 1.82) is 0 Å². The summed E-state index contributed by atoms with van der Waals surface area (Å²) >= 11 is 0. The third-order valence-corrected chi connectivity index (χ3v) is 5.96. The molecule has 0 atom stereocenters. The number of carbonyl (C=O) groups excluding carboxylic acids is 2. The number of nitrogens with zero attached hydrogens (tertiary/aromatic N) is 1. The number of nitrogens with one attached hydrogen (secondary N) is 1. The average molecular weight is 374 g/mol. The van der Waals surface area contributed by atoms with Crippen LogP contribution in [0.15, 0.2) is 24.3 Å². The summed E-state index contributed by atoms with van der Waals surface area (Å²) < 4.78 is 10.5. The average Bonchev–Trinajstić information content (AvgIpc) is 2.74. The van der Waals surface area contributed by atoms with Crippen LogP contribution < -0.4 is 10.1 Å². The Morgan fingerprint density at radius 3 is 2.30 bits per heavy atom. The maximum absolute atomic E-state index is 13.2.